The maximum atomic E-state index is 6.02. The van der Waals surface area contributed by atoms with E-state index >= 15 is 0 Å². The summed E-state index contributed by atoms with van der Waals surface area (Å²) in [6.45, 7) is 10.2. The van der Waals surface area contributed by atoms with Gasteiger partial charge in [0.25, 0.3) is 0 Å². The Hall–Kier alpha value is -2.57. The van der Waals surface area contributed by atoms with E-state index in [0.29, 0.717) is 6.54 Å². The molecule has 0 radical (unpaired) electrons. The monoisotopic (exact) mass is 410 g/mol. The molecule has 6 nitrogen and oxygen atoms in total. The number of aliphatic imine (C=N–C) groups is 1. The molecule has 1 heterocycles. The van der Waals surface area contributed by atoms with Gasteiger partial charge >= 0.3 is 0 Å². The van der Waals surface area contributed by atoms with Crippen LogP contribution in [-0.4, -0.2) is 56.9 Å². The Bertz CT molecular complexity index is 801. The van der Waals surface area contributed by atoms with Gasteiger partial charge < -0.3 is 20.1 Å². The molecule has 0 amide bonds. The third-order valence-corrected chi connectivity index (χ3v) is 5.20. The van der Waals surface area contributed by atoms with Crippen LogP contribution < -0.4 is 15.4 Å². The van der Waals surface area contributed by atoms with Crippen molar-refractivity contribution in [3.05, 3.63) is 65.2 Å². The summed E-state index contributed by atoms with van der Waals surface area (Å²) in [5.74, 6) is 1.69. The van der Waals surface area contributed by atoms with E-state index in [1.54, 1.807) is 7.05 Å². The number of nitrogens with one attached hydrogen (secondary N) is 2. The first-order valence-corrected chi connectivity index (χ1v) is 10.7. The van der Waals surface area contributed by atoms with Crippen LogP contribution in [0.3, 0.4) is 0 Å². The van der Waals surface area contributed by atoms with Crippen LogP contribution in [0, 0.1) is 6.92 Å². The van der Waals surface area contributed by atoms with Crippen molar-refractivity contribution in [3.63, 3.8) is 0 Å². The number of morpholine rings is 1. The molecule has 1 fully saturated rings. The molecule has 0 spiro atoms. The van der Waals surface area contributed by atoms with E-state index in [-0.39, 0.29) is 6.10 Å². The summed E-state index contributed by atoms with van der Waals surface area (Å²) in [5, 5.41) is 6.71. The van der Waals surface area contributed by atoms with Gasteiger partial charge in [-0.1, -0.05) is 42.5 Å². The van der Waals surface area contributed by atoms with Crippen LogP contribution in [0.4, 0.5) is 0 Å². The molecular formula is C24H34N4O2. The number of hydrogen-bond acceptors (Lipinski definition) is 4. The number of rotatable bonds is 8. The van der Waals surface area contributed by atoms with E-state index in [1.165, 1.54) is 11.1 Å². The van der Waals surface area contributed by atoms with Crippen molar-refractivity contribution in [2.45, 2.75) is 33.0 Å². The second-order valence-electron chi connectivity index (χ2n) is 7.71. The van der Waals surface area contributed by atoms with Gasteiger partial charge in [-0.2, -0.15) is 0 Å². The minimum Gasteiger partial charge on any atom is -0.489 e. The van der Waals surface area contributed by atoms with Gasteiger partial charge in [0.05, 0.1) is 19.8 Å². The zero-order chi connectivity index (χ0) is 21.2. The molecule has 30 heavy (non-hydrogen) atoms. The first-order valence-electron chi connectivity index (χ1n) is 10.7. The SMILES string of the molecule is CN=C(NCc1ccc(CN2CCOCC2)cc1)NCC(C)Oc1ccccc1C. The summed E-state index contributed by atoms with van der Waals surface area (Å²) in [4.78, 5) is 6.75. The van der Waals surface area contributed by atoms with Crippen LogP contribution in [0.1, 0.15) is 23.6 Å². The largest absolute Gasteiger partial charge is 0.489 e. The summed E-state index contributed by atoms with van der Waals surface area (Å²) in [7, 11) is 1.79. The number of benzene rings is 2. The standard InChI is InChI=1S/C24H34N4O2/c1-19-6-4-5-7-23(19)30-20(2)16-26-24(25-3)27-17-21-8-10-22(11-9-21)18-28-12-14-29-15-13-28/h4-11,20H,12-18H2,1-3H3,(H2,25,26,27). The first kappa shape index (κ1) is 22.1. The van der Waals surface area contributed by atoms with E-state index in [0.717, 1.165) is 56.7 Å². The Labute approximate surface area is 180 Å². The fraction of sp³-hybridized carbons (Fsp3) is 0.458. The molecule has 1 saturated heterocycles. The van der Waals surface area contributed by atoms with Gasteiger partial charge in [0.1, 0.15) is 11.9 Å². The molecule has 6 heteroatoms. The van der Waals surface area contributed by atoms with Crippen molar-refractivity contribution in [3.8, 4) is 5.75 Å². The maximum Gasteiger partial charge on any atom is 0.191 e. The molecule has 1 aliphatic heterocycles. The molecule has 0 bridgehead atoms. The molecular weight excluding hydrogens is 376 g/mol. The van der Waals surface area contributed by atoms with E-state index in [1.807, 2.05) is 18.2 Å². The molecule has 1 unspecified atom stereocenters. The normalized spacial score (nSPS) is 16.2. The van der Waals surface area contributed by atoms with Crippen LogP contribution in [0.2, 0.25) is 0 Å². The second-order valence-corrected chi connectivity index (χ2v) is 7.71. The zero-order valence-electron chi connectivity index (χ0n) is 18.4. The molecule has 1 atom stereocenters. The van der Waals surface area contributed by atoms with Crippen molar-refractivity contribution in [1.29, 1.82) is 0 Å². The minimum absolute atomic E-state index is 0.0316. The summed E-state index contributed by atoms with van der Waals surface area (Å²) >= 11 is 0. The third kappa shape index (κ3) is 7.04. The molecule has 2 aromatic rings. The molecule has 0 saturated carbocycles. The summed E-state index contributed by atoms with van der Waals surface area (Å²) < 4.78 is 11.4. The van der Waals surface area contributed by atoms with Gasteiger partial charge in [-0.05, 0) is 36.6 Å². The van der Waals surface area contributed by atoms with Gasteiger partial charge in [0.2, 0.25) is 0 Å². The lowest BCUT2D eigenvalue weighted by Crippen LogP contribution is -2.41. The molecule has 0 aliphatic carbocycles. The quantitative estimate of drug-likeness (QED) is 0.518. The van der Waals surface area contributed by atoms with Crippen LogP contribution in [0.25, 0.3) is 0 Å². The Balaban J connectivity index is 1.40. The van der Waals surface area contributed by atoms with Gasteiger partial charge in [0, 0.05) is 33.2 Å². The minimum atomic E-state index is 0.0316. The van der Waals surface area contributed by atoms with E-state index in [2.05, 4.69) is 64.7 Å². The highest BCUT2D eigenvalue weighted by Gasteiger charge is 2.11. The fourth-order valence-electron chi connectivity index (χ4n) is 3.37. The molecule has 2 aromatic carbocycles. The highest BCUT2D eigenvalue weighted by atomic mass is 16.5. The molecule has 0 aromatic heterocycles. The molecule has 2 N–H and O–H groups in total. The fourth-order valence-corrected chi connectivity index (χ4v) is 3.37. The molecule has 1 aliphatic rings. The number of aryl methyl sites for hydroxylation is 1. The first-order chi connectivity index (χ1) is 14.6. The molecule has 162 valence electrons. The summed E-state index contributed by atoms with van der Waals surface area (Å²) in [6.07, 6.45) is 0.0316. The van der Waals surface area contributed by atoms with Gasteiger partial charge in [-0.3, -0.25) is 9.89 Å². The van der Waals surface area contributed by atoms with Gasteiger partial charge in [-0.25, -0.2) is 0 Å². The Morgan fingerprint density at radius 3 is 2.47 bits per heavy atom. The van der Waals surface area contributed by atoms with Crippen LogP contribution >= 0.6 is 0 Å². The van der Waals surface area contributed by atoms with E-state index in [4.69, 9.17) is 9.47 Å². The number of hydrogen-bond donors (Lipinski definition) is 2. The number of guanidine groups is 1. The lowest BCUT2D eigenvalue weighted by molar-refractivity contribution is 0.0342. The summed E-state index contributed by atoms with van der Waals surface area (Å²) in [6, 6.07) is 16.9. The van der Waals surface area contributed by atoms with Crippen LogP contribution in [-0.2, 0) is 17.8 Å². The lowest BCUT2D eigenvalue weighted by Gasteiger charge is -2.26. The van der Waals surface area contributed by atoms with E-state index < -0.39 is 0 Å². The maximum absolute atomic E-state index is 6.02. The summed E-state index contributed by atoms with van der Waals surface area (Å²) in [5.41, 5.74) is 3.71. The predicted octanol–water partition coefficient (Wildman–Crippen LogP) is 2.96. The van der Waals surface area contributed by atoms with E-state index in [9.17, 15) is 0 Å². The van der Waals surface area contributed by atoms with Gasteiger partial charge in [0.15, 0.2) is 5.96 Å². The zero-order valence-corrected chi connectivity index (χ0v) is 18.4. The van der Waals surface area contributed by atoms with Crippen molar-refractivity contribution in [1.82, 2.24) is 15.5 Å². The number of ether oxygens (including phenoxy) is 2. The Kier molecular flexibility index (Phi) is 8.53. The van der Waals surface area contributed by atoms with Crippen LogP contribution in [0.5, 0.6) is 5.75 Å². The number of nitrogens with zero attached hydrogens (tertiary/aromatic N) is 2. The lowest BCUT2D eigenvalue weighted by atomic mass is 10.1. The topological polar surface area (TPSA) is 58.1 Å². The third-order valence-electron chi connectivity index (χ3n) is 5.20. The van der Waals surface area contributed by atoms with Crippen molar-refractivity contribution in [2.24, 2.45) is 4.99 Å². The Morgan fingerprint density at radius 2 is 1.77 bits per heavy atom. The van der Waals surface area contributed by atoms with Crippen molar-refractivity contribution < 1.29 is 9.47 Å². The highest BCUT2D eigenvalue weighted by Crippen LogP contribution is 2.17. The average Bonchev–Trinajstić information content (AvgIpc) is 2.77. The smallest absolute Gasteiger partial charge is 0.191 e. The Morgan fingerprint density at radius 1 is 1.07 bits per heavy atom. The van der Waals surface area contributed by atoms with Crippen molar-refractivity contribution >= 4 is 5.96 Å². The van der Waals surface area contributed by atoms with Crippen LogP contribution in [0.15, 0.2) is 53.5 Å². The van der Waals surface area contributed by atoms with Gasteiger partial charge in [-0.15, -0.1) is 0 Å². The number of para-hydroxylation sites is 1. The highest BCUT2D eigenvalue weighted by molar-refractivity contribution is 5.79. The average molecular weight is 411 g/mol. The second kappa shape index (κ2) is 11.6. The van der Waals surface area contributed by atoms with Crippen molar-refractivity contribution in [2.75, 3.05) is 39.9 Å². The predicted molar refractivity (Wildman–Crippen MR) is 122 cm³/mol. The molecule has 3 rings (SSSR count).